The molecule has 7 heteroatoms. The first kappa shape index (κ1) is 14.3. The van der Waals surface area contributed by atoms with Gasteiger partial charge in [-0.15, -0.1) is 0 Å². The Bertz CT molecular complexity index is 348. The van der Waals surface area contributed by atoms with Crippen molar-refractivity contribution in [2.75, 3.05) is 13.1 Å². The lowest BCUT2D eigenvalue weighted by molar-refractivity contribution is -0.140. The van der Waals surface area contributed by atoms with Crippen LogP contribution >= 0.6 is 0 Å². The van der Waals surface area contributed by atoms with Crippen molar-refractivity contribution in [3.8, 4) is 0 Å². The maximum atomic E-state index is 11.8. The van der Waals surface area contributed by atoms with Gasteiger partial charge in [0.05, 0.1) is 6.42 Å². The number of hydrogen-bond acceptors (Lipinski definition) is 3. The summed E-state index contributed by atoms with van der Waals surface area (Å²) in [6.45, 7) is 5.26. The average Bonchev–Trinajstić information content (AvgIpc) is 2.57. The number of nitrogens with two attached hydrogens (primary N) is 1. The molecular weight excluding hydrogens is 238 g/mol. The van der Waals surface area contributed by atoms with Crippen molar-refractivity contribution < 1.29 is 19.5 Å². The lowest BCUT2D eigenvalue weighted by Crippen LogP contribution is -2.48. The van der Waals surface area contributed by atoms with E-state index in [0.29, 0.717) is 24.9 Å². The molecule has 4 N–H and O–H groups in total. The number of nitrogens with one attached hydrogen (secondary N) is 1. The van der Waals surface area contributed by atoms with E-state index in [9.17, 15) is 14.4 Å². The van der Waals surface area contributed by atoms with E-state index in [1.807, 2.05) is 13.8 Å². The highest BCUT2D eigenvalue weighted by atomic mass is 16.4. The van der Waals surface area contributed by atoms with Gasteiger partial charge in [0.25, 0.3) is 0 Å². The SMILES string of the molecule is CC1CN(C(=O)N[C@@H](CC(N)=O)C(=O)O)CC1C. The van der Waals surface area contributed by atoms with Crippen LogP contribution in [0.15, 0.2) is 0 Å². The van der Waals surface area contributed by atoms with Crippen molar-refractivity contribution in [1.82, 2.24) is 10.2 Å². The molecule has 1 saturated heterocycles. The summed E-state index contributed by atoms with van der Waals surface area (Å²) in [6, 6.07) is -1.72. The molecule has 0 spiro atoms. The highest BCUT2D eigenvalue weighted by Crippen LogP contribution is 2.21. The largest absolute Gasteiger partial charge is 0.480 e. The molecule has 0 aromatic rings. The fraction of sp³-hybridized carbons (Fsp3) is 0.727. The molecule has 18 heavy (non-hydrogen) atoms. The Labute approximate surface area is 105 Å². The third-order valence-electron chi connectivity index (χ3n) is 3.28. The number of urea groups is 1. The maximum absolute atomic E-state index is 11.8. The zero-order chi connectivity index (χ0) is 13.9. The van der Waals surface area contributed by atoms with Crippen LogP contribution in [-0.4, -0.2) is 47.0 Å². The molecular formula is C11H19N3O4. The molecule has 0 aromatic carbocycles. The van der Waals surface area contributed by atoms with Crippen LogP contribution in [0.1, 0.15) is 20.3 Å². The number of carboxylic acids is 1. The first-order chi connectivity index (χ1) is 8.31. The first-order valence-electron chi connectivity index (χ1n) is 5.87. The maximum Gasteiger partial charge on any atom is 0.326 e. The van der Waals surface area contributed by atoms with Crippen molar-refractivity contribution in [2.45, 2.75) is 26.3 Å². The lowest BCUT2D eigenvalue weighted by Gasteiger charge is -2.20. The molecule has 0 bridgehead atoms. The quantitative estimate of drug-likeness (QED) is 0.636. The summed E-state index contributed by atoms with van der Waals surface area (Å²) < 4.78 is 0. The molecule has 1 aliphatic heterocycles. The normalized spacial score (nSPS) is 24.7. The predicted octanol–water partition coefficient (Wildman–Crippen LogP) is -0.388. The number of aliphatic carboxylic acids is 1. The number of hydrogen-bond donors (Lipinski definition) is 3. The fourth-order valence-corrected chi connectivity index (χ4v) is 1.94. The Balaban J connectivity index is 2.57. The molecule has 1 fully saturated rings. The number of carboxylic acid groups (broad SMARTS) is 1. The van der Waals surface area contributed by atoms with E-state index in [4.69, 9.17) is 10.8 Å². The number of likely N-dealkylation sites (tertiary alicyclic amines) is 1. The van der Waals surface area contributed by atoms with Crippen LogP contribution in [0.25, 0.3) is 0 Å². The highest BCUT2D eigenvalue weighted by Gasteiger charge is 2.31. The van der Waals surface area contributed by atoms with Crippen molar-refractivity contribution in [3.63, 3.8) is 0 Å². The molecule has 0 saturated carbocycles. The second kappa shape index (κ2) is 5.70. The van der Waals surface area contributed by atoms with Crippen molar-refractivity contribution in [1.29, 1.82) is 0 Å². The highest BCUT2D eigenvalue weighted by molar-refractivity contribution is 5.87. The predicted molar refractivity (Wildman–Crippen MR) is 63.7 cm³/mol. The van der Waals surface area contributed by atoms with Gasteiger partial charge in [0, 0.05) is 13.1 Å². The lowest BCUT2D eigenvalue weighted by atomic mass is 10.0. The summed E-state index contributed by atoms with van der Waals surface area (Å²) in [5.41, 5.74) is 4.94. The Morgan fingerprint density at radius 3 is 2.22 bits per heavy atom. The minimum absolute atomic E-state index is 0.384. The minimum atomic E-state index is -1.26. The summed E-state index contributed by atoms with van der Waals surface area (Å²) in [5, 5.41) is 11.2. The second-order valence-electron chi connectivity index (χ2n) is 4.87. The van der Waals surface area contributed by atoms with Gasteiger partial charge in [0.15, 0.2) is 0 Å². The van der Waals surface area contributed by atoms with Gasteiger partial charge in [0.1, 0.15) is 6.04 Å². The number of carbonyl (C=O) groups excluding carboxylic acids is 2. The molecule has 2 unspecified atom stereocenters. The summed E-state index contributed by atoms with van der Waals surface area (Å²) in [5.74, 6) is -1.25. The van der Waals surface area contributed by atoms with Crippen LogP contribution in [0, 0.1) is 11.8 Å². The van der Waals surface area contributed by atoms with Crippen LogP contribution in [0.5, 0.6) is 0 Å². The molecule has 1 rings (SSSR count). The van der Waals surface area contributed by atoms with E-state index >= 15 is 0 Å². The van der Waals surface area contributed by atoms with E-state index in [1.54, 1.807) is 4.90 Å². The smallest absolute Gasteiger partial charge is 0.326 e. The third kappa shape index (κ3) is 3.61. The topological polar surface area (TPSA) is 113 Å². The van der Waals surface area contributed by atoms with Gasteiger partial charge in [-0.3, -0.25) is 4.79 Å². The van der Waals surface area contributed by atoms with Crippen LogP contribution in [0.3, 0.4) is 0 Å². The standard InChI is InChI=1S/C11H19N3O4/c1-6-4-14(5-7(6)2)11(18)13-8(10(16)17)3-9(12)15/h6-8H,3-5H2,1-2H3,(H2,12,15)(H,13,18)(H,16,17)/t6?,7?,8-/m0/s1. The number of nitrogens with zero attached hydrogens (tertiary/aromatic N) is 1. The summed E-state index contributed by atoms with van der Waals surface area (Å²) in [6.07, 6.45) is -0.403. The number of rotatable bonds is 4. The number of primary amides is 1. The van der Waals surface area contributed by atoms with Crippen molar-refractivity contribution >= 4 is 17.9 Å². The molecule has 3 amide bonds. The van der Waals surface area contributed by atoms with Gasteiger partial charge in [-0.05, 0) is 11.8 Å². The third-order valence-corrected chi connectivity index (χ3v) is 3.28. The van der Waals surface area contributed by atoms with E-state index in [-0.39, 0.29) is 0 Å². The van der Waals surface area contributed by atoms with Gasteiger partial charge in [-0.25, -0.2) is 9.59 Å². The monoisotopic (exact) mass is 257 g/mol. The zero-order valence-corrected chi connectivity index (χ0v) is 10.5. The summed E-state index contributed by atoms with van der Waals surface area (Å²) in [7, 11) is 0. The number of amides is 3. The molecule has 0 aliphatic carbocycles. The first-order valence-corrected chi connectivity index (χ1v) is 5.87. The molecule has 0 aromatic heterocycles. The number of carbonyl (C=O) groups is 3. The molecule has 1 aliphatic rings. The van der Waals surface area contributed by atoms with Crippen LogP contribution in [-0.2, 0) is 9.59 Å². The Morgan fingerprint density at radius 1 is 1.33 bits per heavy atom. The van der Waals surface area contributed by atoms with E-state index < -0.39 is 30.4 Å². The molecule has 0 radical (unpaired) electrons. The second-order valence-corrected chi connectivity index (χ2v) is 4.87. The summed E-state index contributed by atoms with van der Waals surface area (Å²) in [4.78, 5) is 35.0. The molecule has 7 nitrogen and oxygen atoms in total. The van der Waals surface area contributed by atoms with E-state index in [0.717, 1.165) is 0 Å². The van der Waals surface area contributed by atoms with E-state index in [2.05, 4.69) is 5.32 Å². The summed E-state index contributed by atoms with van der Waals surface area (Å²) >= 11 is 0. The van der Waals surface area contributed by atoms with Gasteiger partial charge in [0.2, 0.25) is 5.91 Å². The van der Waals surface area contributed by atoms with Crippen LogP contribution < -0.4 is 11.1 Å². The molecule has 102 valence electrons. The van der Waals surface area contributed by atoms with Crippen molar-refractivity contribution in [3.05, 3.63) is 0 Å². The average molecular weight is 257 g/mol. The Kier molecular flexibility index (Phi) is 4.52. The minimum Gasteiger partial charge on any atom is -0.480 e. The van der Waals surface area contributed by atoms with Crippen LogP contribution in [0.2, 0.25) is 0 Å². The Hall–Kier alpha value is -1.79. The Morgan fingerprint density at radius 2 is 1.83 bits per heavy atom. The zero-order valence-electron chi connectivity index (χ0n) is 10.5. The van der Waals surface area contributed by atoms with Gasteiger partial charge >= 0.3 is 12.0 Å². The van der Waals surface area contributed by atoms with E-state index in [1.165, 1.54) is 0 Å². The van der Waals surface area contributed by atoms with Crippen LogP contribution in [0.4, 0.5) is 4.79 Å². The van der Waals surface area contributed by atoms with Gasteiger partial charge in [-0.2, -0.15) is 0 Å². The van der Waals surface area contributed by atoms with Crippen molar-refractivity contribution in [2.24, 2.45) is 17.6 Å². The fourth-order valence-electron chi connectivity index (χ4n) is 1.94. The molecule has 3 atom stereocenters. The van der Waals surface area contributed by atoms with Gasteiger partial charge in [-0.1, -0.05) is 13.8 Å². The van der Waals surface area contributed by atoms with Gasteiger partial charge < -0.3 is 21.1 Å². The molecule has 1 heterocycles.